The normalized spacial score (nSPS) is 12.3. The van der Waals surface area contributed by atoms with Crippen LogP contribution in [0.3, 0.4) is 0 Å². The highest BCUT2D eigenvalue weighted by Gasteiger charge is 2.20. The average molecular weight is 373 g/mol. The topological polar surface area (TPSA) is 137 Å². The first-order valence-corrected chi connectivity index (χ1v) is 9.81. The van der Waals surface area contributed by atoms with Crippen LogP contribution in [-0.2, 0) is 4.74 Å². The third kappa shape index (κ3) is 7.23. The molecule has 1 aromatic heterocycles. The third-order valence-electron chi connectivity index (χ3n) is 3.75. The number of anilines is 3. The van der Waals surface area contributed by atoms with Crippen molar-refractivity contribution in [1.29, 1.82) is 0 Å². The smallest absolute Gasteiger partial charge is 0.191 e. The fraction of sp³-hybridized carbons (Fsp3) is 0.750. The van der Waals surface area contributed by atoms with Gasteiger partial charge in [0.05, 0.1) is 0 Å². The van der Waals surface area contributed by atoms with Crippen LogP contribution in [0.4, 0.5) is 17.3 Å². The van der Waals surface area contributed by atoms with Gasteiger partial charge >= 0.3 is 0 Å². The molecule has 0 saturated heterocycles. The maximum absolute atomic E-state index is 8.73. The van der Waals surface area contributed by atoms with Crippen molar-refractivity contribution in [3.05, 3.63) is 0 Å². The number of thioether (sulfide) groups is 1. The largest absolute Gasteiger partial charge is 0.396 e. The van der Waals surface area contributed by atoms with Crippen molar-refractivity contribution in [3.63, 3.8) is 0 Å². The monoisotopic (exact) mass is 372 g/mol. The van der Waals surface area contributed by atoms with E-state index in [9.17, 15) is 0 Å². The number of aliphatic hydroxyl groups excluding tert-OH is 1. The van der Waals surface area contributed by atoms with E-state index < -0.39 is 0 Å². The first kappa shape index (κ1) is 21.8. The maximum atomic E-state index is 8.73. The molecular formula is C16H32N6O2S. The van der Waals surface area contributed by atoms with Gasteiger partial charge in [-0.3, -0.25) is 5.01 Å². The molecule has 144 valence electrons. The van der Waals surface area contributed by atoms with Crippen molar-refractivity contribution in [1.82, 2.24) is 9.97 Å². The Morgan fingerprint density at radius 1 is 1.20 bits per heavy atom. The van der Waals surface area contributed by atoms with Crippen molar-refractivity contribution < 1.29 is 9.84 Å². The van der Waals surface area contributed by atoms with Gasteiger partial charge in [0, 0.05) is 31.6 Å². The van der Waals surface area contributed by atoms with Gasteiger partial charge in [-0.05, 0) is 32.1 Å². The minimum absolute atomic E-state index is 0.0852. The van der Waals surface area contributed by atoms with Crippen LogP contribution in [0.15, 0.2) is 5.16 Å². The highest BCUT2D eigenvalue weighted by Crippen LogP contribution is 2.29. The molecule has 0 fully saturated rings. The van der Waals surface area contributed by atoms with Crippen LogP contribution in [0, 0.1) is 0 Å². The second-order valence-electron chi connectivity index (χ2n) is 5.78. The van der Waals surface area contributed by atoms with Gasteiger partial charge in [-0.15, -0.1) is 0 Å². The Morgan fingerprint density at radius 2 is 1.92 bits per heavy atom. The van der Waals surface area contributed by atoms with E-state index in [1.165, 1.54) is 0 Å². The van der Waals surface area contributed by atoms with Gasteiger partial charge in [0.2, 0.25) is 0 Å². The Balaban J connectivity index is 2.70. The molecule has 0 aromatic carbocycles. The molecule has 0 saturated carbocycles. The fourth-order valence-electron chi connectivity index (χ4n) is 2.31. The Kier molecular flexibility index (Phi) is 10.6. The SMILES string of the molecule is CCCSc1nc(N)c(N)c(N(N)C(CC)CCCOCCCO)n1. The number of nitrogens with two attached hydrogens (primary N) is 3. The highest BCUT2D eigenvalue weighted by molar-refractivity contribution is 7.99. The highest BCUT2D eigenvalue weighted by atomic mass is 32.2. The Labute approximate surface area is 154 Å². The van der Waals surface area contributed by atoms with E-state index in [-0.39, 0.29) is 18.5 Å². The molecule has 0 spiro atoms. The van der Waals surface area contributed by atoms with Crippen molar-refractivity contribution in [2.24, 2.45) is 5.84 Å². The number of nitrogen functional groups attached to an aromatic ring is 2. The lowest BCUT2D eigenvalue weighted by atomic mass is 10.1. The third-order valence-corrected chi connectivity index (χ3v) is 4.80. The molecule has 0 aliphatic heterocycles. The summed E-state index contributed by atoms with van der Waals surface area (Å²) in [5, 5.41) is 10.9. The molecule has 8 nitrogen and oxygen atoms in total. The van der Waals surface area contributed by atoms with E-state index in [4.69, 9.17) is 27.2 Å². The molecule has 1 heterocycles. The van der Waals surface area contributed by atoms with Crippen LogP contribution < -0.4 is 22.3 Å². The van der Waals surface area contributed by atoms with Gasteiger partial charge in [0.25, 0.3) is 0 Å². The predicted octanol–water partition coefficient (Wildman–Crippen LogP) is 1.78. The Bertz CT molecular complexity index is 506. The predicted molar refractivity (Wildman–Crippen MR) is 104 cm³/mol. The summed E-state index contributed by atoms with van der Waals surface area (Å²) in [6, 6.07) is 0.0852. The van der Waals surface area contributed by atoms with E-state index >= 15 is 0 Å². The Hall–Kier alpha value is -1.29. The van der Waals surface area contributed by atoms with Crippen LogP contribution in [0.25, 0.3) is 0 Å². The van der Waals surface area contributed by atoms with Crippen LogP contribution in [0.2, 0.25) is 0 Å². The van der Waals surface area contributed by atoms with Gasteiger partial charge in [0.15, 0.2) is 16.8 Å². The molecule has 1 aromatic rings. The van der Waals surface area contributed by atoms with Crippen molar-refractivity contribution >= 4 is 29.1 Å². The lowest BCUT2D eigenvalue weighted by Crippen LogP contribution is -2.42. The molecule has 25 heavy (non-hydrogen) atoms. The summed E-state index contributed by atoms with van der Waals surface area (Å²) in [4.78, 5) is 8.72. The van der Waals surface area contributed by atoms with Gasteiger partial charge < -0.3 is 21.3 Å². The van der Waals surface area contributed by atoms with Gasteiger partial charge in [-0.1, -0.05) is 25.6 Å². The standard InChI is InChI=1S/C16H32N6O2S/c1-3-11-25-16-20-14(18)13(17)15(21-16)22(19)12(4-2)7-5-9-24-10-6-8-23/h12,23H,3-11,17,19H2,1-2H3,(H2,18,20,21). The molecule has 1 unspecified atom stereocenters. The Morgan fingerprint density at radius 3 is 2.56 bits per heavy atom. The fourth-order valence-corrected chi connectivity index (χ4v) is 3.01. The lowest BCUT2D eigenvalue weighted by Gasteiger charge is -2.29. The number of rotatable bonds is 13. The minimum atomic E-state index is 0.0852. The molecule has 0 aliphatic carbocycles. The van der Waals surface area contributed by atoms with Crippen molar-refractivity contribution in [3.8, 4) is 0 Å². The summed E-state index contributed by atoms with van der Waals surface area (Å²) in [6.07, 6.45) is 4.26. The molecule has 1 rings (SSSR count). The van der Waals surface area contributed by atoms with Crippen LogP contribution >= 0.6 is 11.8 Å². The van der Waals surface area contributed by atoms with Crippen LogP contribution in [0.1, 0.15) is 46.0 Å². The number of ether oxygens (including phenoxy) is 1. The summed E-state index contributed by atoms with van der Waals surface area (Å²) < 4.78 is 5.47. The summed E-state index contributed by atoms with van der Waals surface area (Å²) in [6.45, 7) is 5.54. The zero-order valence-corrected chi connectivity index (χ0v) is 16.1. The van der Waals surface area contributed by atoms with E-state index in [0.717, 1.165) is 31.4 Å². The van der Waals surface area contributed by atoms with E-state index in [1.807, 2.05) is 0 Å². The molecule has 7 N–H and O–H groups in total. The molecule has 0 radical (unpaired) electrons. The first-order valence-electron chi connectivity index (χ1n) is 8.83. The zero-order chi connectivity index (χ0) is 18.7. The molecule has 0 amide bonds. The van der Waals surface area contributed by atoms with E-state index in [2.05, 4.69) is 23.8 Å². The summed E-state index contributed by atoms with van der Waals surface area (Å²) >= 11 is 1.54. The maximum Gasteiger partial charge on any atom is 0.191 e. The second-order valence-corrected chi connectivity index (χ2v) is 6.84. The van der Waals surface area contributed by atoms with Crippen LogP contribution in [-0.4, -0.2) is 46.7 Å². The minimum Gasteiger partial charge on any atom is -0.396 e. The summed E-state index contributed by atoms with van der Waals surface area (Å²) in [5.41, 5.74) is 12.3. The molecule has 1 atom stereocenters. The van der Waals surface area contributed by atoms with Crippen LogP contribution in [0.5, 0.6) is 0 Å². The van der Waals surface area contributed by atoms with Gasteiger partial charge in [-0.25, -0.2) is 15.8 Å². The molecule has 0 bridgehead atoms. The lowest BCUT2D eigenvalue weighted by molar-refractivity contribution is 0.111. The second kappa shape index (κ2) is 12.1. The summed E-state index contributed by atoms with van der Waals surface area (Å²) in [5.74, 6) is 7.97. The number of hydrazine groups is 1. The van der Waals surface area contributed by atoms with Crippen molar-refractivity contribution in [2.45, 2.75) is 57.1 Å². The van der Waals surface area contributed by atoms with Crippen molar-refractivity contribution in [2.75, 3.05) is 42.0 Å². The molecule has 0 aliphatic rings. The van der Waals surface area contributed by atoms with Gasteiger partial charge in [-0.2, -0.15) is 0 Å². The summed E-state index contributed by atoms with van der Waals surface area (Å²) in [7, 11) is 0. The quantitative estimate of drug-likeness (QED) is 0.134. The average Bonchev–Trinajstić information content (AvgIpc) is 2.61. The number of hydrogen-bond donors (Lipinski definition) is 4. The molecular weight excluding hydrogens is 340 g/mol. The molecule has 9 heteroatoms. The number of aromatic nitrogens is 2. The number of nitrogens with zero attached hydrogens (tertiary/aromatic N) is 3. The van der Waals surface area contributed by atoms with Gasteiger partial charge in [0.1, 0.15) is 5.69 Å². The zero-order valence-electron chi connectivity index (χ0n) is 15.3. The number of hydrogen-bond acceptors (Lipinski definition) is 9. The first-order chi connectivity index (χ1) is 12.0. The van der Waals surface area contributed by atoms with E-state index in [1.54, 1.807) is 16.8 Å². The number of aliphatic hydroxyl groups is 1. The van der Waals surface area contributed by atoms with E-state index in [0.29, 0.717) is 36.3 Å².